The van der Waals surface area contributed by atoms with Crippen molar-refractivity contribution >= 4 is 70.7 Å². The van der Waals surface area contributed by atoms with Gasteiger partial charge in [-0.3, -0.25) is 48.3 Å². The van der Waals surface area contributed by atoms with Crippen molar-refractivity contribution in [2.75, 3.05) is 103 Å². The zero-order valence-electron chi connectivity index (χ0n) is 81.2. The van der Waals surface area contributed by atoms with Gasteiger partial charge in [0.1, 0.15) is 110 Å². The Morgan fingerprint density at radius 1 is 0.419 bits per heavy atom. The van der Waals surface area contributed by atoms with Crippen LogP contribution in [0.5, 0.6) is 0 Å². The topological polar surface area (TPSA) is 817 Å². The van der Waals surface area contributed by atoms with Gasteiger partial charge in [-0.15, -0.1) is 0 Å². The molecule has 4 saturated heterocycles. The molecule has 54 heteroatoms. The summed E-state index contributed by atoms with van der Waals surface area (Å²) >= 11 is 0. The summed E-state index contributed by atoms with van der Waals surface area (Å²) in [6.45, 7) is -0.407. The molecule has 4 aromatic rings. The maximum Gasteiger partial charge on any atom is 0.338 e. The van der Waals surface area contributed by atoms with Crippen LogP contribution < -0.4 is 65.9 Å². The number of aliphatic carboxylic acids is 2. The molecule has 148 heavy (non-hydrogen) atoms. The van der Waals surface area contributed by atoms with Gasteiger partial charge in [-0.1, -0.05) is 64.2 Å². The molecule has 4 aliphatic heterocycles. The zero-order chi connectivity index (χ0) is 107. The fourth-order valence-electron chi connectivity index (χ4n) is 19.2. The molecule has 0 radical (unpaired) electrons. The Hall–Kier alpha value is -10.5. The summed E-state index contributed by atoms with van der Waals surface area (Å²) in [5, 5.41) is 149. The van der Waals surface area contributed by atoms with Crippen LogP contribution in [0, 0.1) is 23.7 Å². The van der Waals surface area contributed by atoms with Crippen molar-refractivity contribution in [1.29, 1.82) is 0 Å². The number of hydrogen-bond acceptors (Lipinski definition) is 42. The molecular weight excluding hydrogens is 1970 g/mol. The van der Waals surface area contributed by atoms with Crippen LogP contribution in [-0.4, -0.2) is 404 Å². The number of benzene rings is 2. The minimum Gasteiger partial charge on any atom is -0.479 e. The summed E-state index contributed by atoms with van der Waals surface area (Å²) in [5.41, 5.74) is 6.16. The average molecular weight is 2100 g/mol. The van der Waals surface area contributed by atoms with Gasteiger partial charge in [0, 0.05) is 61.5 Å². The molecule has 0 spiro atoms. The molecule has 6 heterocycles. The highest BCUT2D eigenvalue weighted by Crippen LogP contribution is 2.42. The van der Waals surface area contributed by atoms with E-state index in [0.29, 0.717) is 25.7 Å². The summed E-state index contributed by atoms with van der Waals surface area (Å²) < 4.78 is 97.2. The summed E-state index contributed by atoms with van der Waals surface area (Å²) in [6.07, 6.45) is -40.4. The number of amides is 6. The first-order valence-electron chi connectivity index (χ1n) is 49.3. The lowest BCUT2D eigenvalue weighted by molar-refractivity contribution is -0.347. The number of anilines is 2. The first-order chi connectivity index (χ1) is 70.9. The Kier molecular flexibility index (Phi) is 43.9. The largest absolute Gasteiger partial charge is 0.479 e. The van der Waals surface area contributed by atoms with Gasteiger partial charge < -0.3 is 190 Å². The highest BCUT2D eigenvalue weighted by Gasteiger charge is 2.58. The van der Waals surface area contributed by atoms with Gasteiger partial charge in [0.25, 0.3) is 22.9 Å². The third-order valence-corrected chi connectivity index (χ3v) is 26.9. The van der Waals surface area contributed by atoms with Crippen LogP contribution >= 0.6 is 0 Å². The number of aliphatic hydroxyl groups excluding tert-OH is 10. The number of esters is 2. The van der Waals surface area contributed by atoms with E-state index >= 15 is 0 Å². The summed E-state index contributed by atoms with van der Waals surface area (Å²) in [6, 6.07) is 8.83. The van der Waals surface area contributed by atoms with Gasteiger partial charge in [0.05, 0.1) is 100 Å². The number of nitrogens with one attached hydrogen (secondary N) is 10. The van der Waals surface area contributed by atoms with Crippen molar-refractivity contribution in [3.8, 4) is 0 Å². The molecule has 26 N–H and O–H groups in total. The lowest BCUT2D eigenvalue weighted by Gasteiger charge is -2.48. The number of carboxylic acids is 2. The number of ether oxygens (including phenoxy) is 16. The Balaban J connectivity index is 0.637. The second kappa shape index (κ2) is 56.0. The Labute approximate surface area is 844 Å². The van der Waals surface area contributed by atoms with Crippen LogP contribution in [0.25, 0.3) is 0 Å². The first-order valence-corrected chi connectivity index (χ1v) is 49.3. The smallest absolute Gasteiger partial charge is 0.338 e. The lowest BCUT2D eigenvalue weighted by Crippen LogP contribution is -2.65. The number of aliphatic hydroxyl groups is 10. The van der Waals surface area contributed by atoms with Crippen LogP contribution in [-0.2, 0) is 105 Å². The molecule has 4 saturated carbocycles. The van der Waals surface area contributed by atoms with Gasteiger partial charge in [0.2, 0.25) is 23.6 Å². The number of nitrogens with two attached hydrogens (primary N) is 2. The van der Waals surface area contributed by atoms with Crippen LogP contribution in [0.2, 0.25) is 0 Å². The first kappa shape index (κ1) is 116. The third-order valence-electron chi connectivity index (χ3n) is 26.9. The van der Waals surface area contributed by atoms with Crippen LogP contribution in [0.3, 0.4) is 0 Å². The molecule has 30 atom stereocenters. The molecule has 8 aliphatic rings. The van der Waals surface area contributed by atoms with E-state index in [1.165, 1.54) is 62.4 Å². The van der Waals surface area contributed by atoms with E-state index in [2.05, 4.69) is 41.9 Å². The van der Waals surface area contributed by atoms with Crippen LogP contribution in [0.1, 0.15) is 158 Å². The fraction of sp³-hybridized carbons (Fsp3) is 0.681. The maximum atomic E-state index is 14.6. The van der Waals surface area contributed by atoms with Gasteiger partial charge in [-0.2, -0.15) is 0 Å². The van der Waals surface area contributed by atoms with Crippen molar-refractivity contribution in [1.82, 2.24) is 41.2 Å². The molecule has 12 rings (SSSR count). The normalized spacial score (nSPS) is 31.0. The second-order valence-electron chi connectivity index (χ2n) is 37.7. The Bertz CT molecular complexity index is 4890. The average Bonchev–Trinajstić information content (AvgIpc) is 0.769. The number of aromatic amines is 4. The standard InChI is InChI=1S/C94H134N12O42/c1-43-67(113)71(117)73(119)89(137-43)147-75-53(101-83(123)55-37-63(109)105-93(131)103-55)33-49(81(121)97-23-21-95)35-57(75)141-91-79(77(69(115)61(39-107)143-91)139-59(85(125)126)31-45-9-5-3-6-10-45)145-87(129)47-13-17-51(18-14-47)99-65(111)41-135-29-27-133-25-26-134-28-30-136-42-66(112)100-52-19-15-48(16-20-52)88(130)146-80-78(140-60(86(127)128)32-46-11-7-4-8-12-46)70(116)62(40-108)144-92(80)142-58-36-50(82(122)98-24-22-96)34-54(102-84(124)56-38-64(110)106-94(132)104-56)76(58)148-90-74(120)72(118)68(114)44(2)138-90/h13-20,37-38,43-46,49-50,53-54,57-62,67-80,89-92,107-108,113-120H,3-12,21-36,39-42,95-96H2,1-2H3,(H,97,121)(H,98,122)(H,99,111)(H,100,112)(H,101,123)(H,102,124)(H,125,126)(H,127,128)(H2,103,105,109,131)(H2,104,106,110,132)/t43?,44?,49?,50?,53?,54?,57-,58-,59+,60+,61?,62?,67-,68-,69+,70+,71?,72?,73?,74?,75?,76?,77?,78?,79?,80?,89+,90+,91-,92-/m1/s1. The van der Waals surface area contributed by atoms with E-state index in [4.69, 9.17) is 87.3 Å². The zero-order valence-corrected chi connectivity index (χ0v) is 81.2. The second-order valence-corrected chi connectivity index (χ2v) is 37.7. The number of rotatable bonds is 49. The van der Waals surface area contributed by atoms with Gasteiger partial charge in [-0.25, -0.2) is 28.8 Å². The highest BCUT2D eigenvalue weighted by atomic mass is 16.8. The van der Waals surface area contributed by atoms with E-state index in [0.717, 1.165) is 50.7 Å². The Morgan fingerprint density at radius 2 is 0.777 bits per heavy atom. The minimum absolute atomic E-state index is 0.000900. The van der Waals surface area contributed by atoms with Gasteiger partial charge in [0.15, 0.2) is 49.6 Å². The molecule has 8 fully saturated rings. The number of hydrogen-bond donors (Lipinski definition) is 24. The molecular formula is C94H134N12O42. The monoisotopic (exact) mass is 2100 g/mol. The predicted octanol–water partition coefficient (Wildman–Crippen LogP) is -6.33. The van der Waals surface area contributed by atoms with E-state index in [1.807, 2.05) is 9.97 Å². The molecule has 822 valence electrons. The van der Waals surface area contributed by atoms with Crippen molar-refractivity contribution in [2.24, 2.45) is 35.1 Å². The van der Waals surface area contributed by atoms with Gasteiger partial charge in [-0.05, 0) is 113 Å². The summed E-state index contributed by atoms with van der Waals surface area (Å²) in [4.78, 5) is 196. The number of carbonyl (C=O) groups is 10. The van der Waals surface area contributed by atoms with Crippen LogP contribution in [0.15, 0.2) is 79.8 Å². The summed E-state index contributed by atoms with van der Waals surface area (Å²) in [7, 11) is 0. The molecule has 2 aromatic heterocycles. The number of H-pyrrole nitrogens is 4. The Morgan fingerprint density at radius 3 is 1.11 bits per heavy atom. The van der Waals surface area contributed by atoms with Crippen molar-refractivity contribution in [2.45, 2.75) is 288 Å². The third kappa shape index (κ3) is 32.0. The van der Waals surface area contributed by atoms with Crippen molar-refractivity contribution in [3.05, 3.63) is 125 Å². The number of carbonyl (C=O) groups excluding carboxylic acids is 8. The molecule has 54 nitrogen and oxygen atoms in total. The molecule has 0 bridgehead atoms. The number of aromatic nitrogens is 4. The van der Waals surface area contributed by atoms with E-state index in [-0.39, 0.29) is 126 Å². The molecule has 6 amide bonds. The SMILES string of the molecule is CC1O[C@@H](OC2C(NC(=O)c3cc(=O)[nH]c(=O)[nH]3)CC(C(=O)NCCN)C[C@H]2O[C@@H]2OC(CO)[C@H](O)C(O[C@@H](CC3CCCCC3)C(=O)O)C2OC(=O)c2ccc(NC(=O)COCCOCCOCCOCC(=O)Nc3ccc(C(=O)OC4C(O[C@@H](CC5CCCCC5)C(=O)O)[C@@H](O)C(CO)O[C@H]4O[C@@H]4CC(C(=O)NCCN)CC(NC(=O)c5cc(=O)[nH]c(=O)[nH]5)C4O[C@@H]4OC(C)[C@@H](O)C(O)C4O)cc3)cc2)C(O)C(O)[C@@H]1O. The molecule has 2 aromatic carbocycles. The van der Waals surface area contributed by atoms with Crippen molar-refractivity contribution < 1.29 is 185 Å². The summed E-state index contributed by atoms with van der Waals surface area (Å²) in [5.74, 6) is -12.7. The van der Waals surface area contributed by atoms with E-state index < -0.39 is 316 Å². The predicted molar refractivity (Wildman–Crippen MR) is 502 cm³/mol. The highest BCUT2D eigenvalue weighted by molar-refractivity contribution is 5.96. The fourth-order valence-corrected chi connectivity index (χ4v) is 19.2. The minimum atomic E-state index is -2.04. The van der Waals surface area contributed by atoms with E-state index in [1.54, 1.807) is 0 Å². The maximum absolute atomic E-state index is 14.6. The lowest BCUT2D eigenvalue weighted by atomic mass is 9.80. The van der Waals surface area contributed by atoms with Crippen molar-refractivity contribution in [3.63, 3.8) is 0 Å². The number of carboxylic acid groups (broad SMARTS) is 2. The molecule has 18 unspecified atom stereocenters. The molecule has 4 aliphatic carbocycles. The quantitative estimate of drug-likeness (QED) is 0.0144. The van der Waals surface area contributed by atoms with Gasteiger partial charge >= 0.3 is 35.3 Å². The van der Waals surface area contributed by atoms with E-state index in [9.17, 15) is 128 Å². The van der Waals surface area contributed by atoms with Crippen LogP contribution in [0.4, 0.5) is 11.4 Å².